The summed E-state index contributed by atoms with van der Waals surface area (Å²) in [5, 5.41) is 0. The summed E-state index contributed by atoms with van der Waals surface area (Å²) < 4.78 is 37.9. The van der Waals surface area contributed by atoms with E-state index in [-0.39, 0.29) is 10.8 Å². The van der Waals surface area contributed by atoms with Crippen molar-refractivity contribution in [3.63, 3.8) is 0 Å². The standard InChI is InChI=1S/C18H34O7/c1-17(13-24-14-17)11-22-9-7-20-5-3-19-4-6-21-8-10-23-12-18(2)15-25-16-18/h3-16H2,1-2H3. The van der Waals surface area contributed by atoms with E-state index in [0.717, 1.165) is 39.6 Å². The third-order valence-corrected chi connectivity index (χ3v) is 4.19. The Morgan fingerprint density at radius 3 is 1.04 bits per heavy atom. The van der Waals surface area contributed by atoms with Gasteiger partial charge in [0, 0.05) is 10.8 Å². The zero-order valence-electron chi connectivity index (χ0n) is 15.8. The molecule has 0 radical (unpaired) electrons. The highest BCUT2D eigenvalue weighted by Crippen LogP contribution is 2.26. The summed E-state index contributed by atoms with van der Waals surface area (Å²) >= 11 is 0. The van der Waals surface area contributed by atoms with Gasteiger partial charge in [0.25, 0.3) is 0 Å². The second kappa shape index (κ2) is 11.4. The Hall–Kier alpha value is -0.280. The van der Waals surface area contributed by atoms with E-state index in [9.17, 15) is 0 Å². The van der Waals surface area contributed by atoms with Crippen LogP contribution in [0.3, 0.4) is 0 Å². The third-order valence-electron chi connectivity index (χ3n) is 4.19. The van der Waals surface area contributed by atoms with Gasteiger partial charge in [0.15, 0.2) is 0 Å². The lowest BCUT2D eigenvalue weighted by atomic mass is 9.90. The van der Waals surface area contributed by atoms with Gasteiger partial charge in [0.1, 0.15) is 0 Å². The highest BCUT2D eigenvalue weighted by molar-refractivity contribution is 4.80. The van der Waals surface area contributed by atoms with Crippen molar-refractivity contribution in [2.75, 3.05) is 92.5 Å². The maximum absolute atomic E-state index is 5.58. The van der Waals surface area contributed by atoms with E-state index >= 15 is 0 Å². The molecule has 0 aromatic rings. The van der Waals surface area contributed by atoms with E-state index in [1.807, 2.05) is 0 Å². The summed E-state index contributed by atoms with van der Waals surface area (Å²) in [5.41, 5.74) is 0.412. The summed E-state index contributed by atoms with van der Waals surface area (Å²) in [4.78, 5) is 0. The Morgan fingerprint density at radius 2 is 0.800 bits per heavy atom. The fourth-order valence-electron chi connectivity index (χ4n) is 2.48. The zero-order valence-corrected chi connectivity index (χ0v) is 15.8. The molecule has 0 unspecified atom stereocenters. The summed E-state index contributed by atoms with van der Waals surface area (Å²) in [6.07, 6.45) is 0. The number of hydrogen-bond donors (Lipinski definition) is 0. The molecule has 2 rings (SSSR count). The van der Waals surface area contributed by atoms with Crippen molar-refractivity contribution in [3.05, 3.63) is 0 Å². The monoisotopic (exact) mass is 362 g/mol. The van der Waals surface area contributed by atoms with E-state index in [2.05, 4.69) is 13.8 Å². The van der Waals surface area contributed by atoms with E-state index in [0.29, 0.717) is 52.9 Å². The van der Waals surface area contributed by atoms with E-state index in [1.165, 1.54) is 0 Å². The van der Waals surface area contributed by atoms with Crippen LogP contribution in [-0.2, 0) is 33.2 Å². The molecular weight excluding hydrogens is 328 g/mol. The van der Waals surface area contributed by atoms with Crippen LogP contribution in [0, 0.1) is 10.8 Å². The molecule has 2 fully saturated rings. The lowest BCUT2D eigenvalue weighted by Crippen LogP contribution is -2.43. The highest BCUT2D eigenvalue weighted by atomic mass is 16.6. The largest absolute Gasteiger partial charge is 0.380 e. The zero-order chi connectivity index (χ0) is 17.8. The first-order valence-electron chi connectivity index (χ1n) is 9.16. The van der Waals surface area contributed by atoms with Gasteiger partial charge in [-0.25, -0.2) is 0 Å². The Morgan fingerprint density at radius 1 is 0.520 bits per heavy atom. The van der Waals surface area contributed by atoms with Crippen molar-refractivity contribution in [2.24, 2.45) is 10.8 Å². The predicted octanol–water partition coefficient (Wildman–Crippen LogP) is 1.14. The Kier molecular flexibility index (Phi) is 9.62. The van der Waals surface area contributed by atoms with Crippen LogP contribution in [0.15, 0.2) is 0 Å². The van der Waals surface area contributed by atoms with Crippen LogP contribution in [0.1, 0.15) is 13.8 Å². The van der Waals surface area contributed by atoms with Gasteiger partial charge < -0.3 is 33.2 Å². The minimum absolute atomic E-state index is 0.206. The average Bonchev–Trinajstić information content (AvgIpc) is 2.55. The quantitative estimate of drug-likeness (QED) is 0.382. The van der Waals surface area contributed by atoms with Gasteiger partial charge in [-0.05, 0) is 0 Å². The fourth-order valence-corrected chi connectivity index (χ4v) is 2.48. The number of ether oxygens (including phenoxy) is 7. The van der Waals surface area contributed by atoms with Crippen LogP contribution in [-0.4, -0.2) is 92.5 Å². The molecule has 7 nitrogen and oxygen atoms in total. The molecule has 0 atom stereocenters. The molecule has 0 bridgehead atoms. The Balaban J connectivity index is 1.22. The lowest BCUT2D eigenvalue weighted by Gasteiger charge is -2.37. The van der Waals surface area contributed by atoms with E-state index in [4.69, 9.17) is 33.2 Å². The molecule has 0 aromatic carbocycles. The first-order valence-corrected chi connectivity index (χ1v) is 9.16. The van der Waals surface area contributed by atoms with Crippen LogP contribution in [0.2, 0.25) is 0 Å². The summed E-state index contributed by atoms with van der Waals surface area (Å²) in [6, 6.07) is 0. The third kappa shape index (κ3) is 8.77. The molecule has 0 N–H and O–H groups in total. The van der Waals surface area contributed by atoms with Crippen LogP contribution in [0.25, 0.3) is 0 Å². The predicted molar refractivity (Wildman–Crippen MR) is 91.9 cm³/mol. The maximum atomic E-state index is 5.58. The molecule has 148 valence electrons. The summed E-state index contributed by atoms with van der Waals surface area (Å²) in [5.74, 6) is 0. The molecule has 2 aliphatic rings. The van der Waals surface area contributed by atoms with Crippen molar-refractivity contribution in [1.29, 1.82) is 0 Å². The highest BCUT2D eigenvalue weighted by Gasteiger charge is 2.34. The molecule has 2 saturated heterocycles. The normalized spacial score (nSPS) is 20.9. The molecule has 0 amide bonds. The first kappa shape index (κ1) is 21.0. The van der Waals surface area contributed by atoms with Crippen LogP contribution in [0.5, 0.6) is 0 Å². The molecule has 2 heterocycles. The van der Waals surface area contributed by atoms with Gasteiger partial charge in [0.05, 0.1) is 92.5 Å². The minimum atomic E-state index is 0.206. The fraction of sp³-hybridized carbons (Fsp3) is 1.00. The van der Waals surface area contributed by atoms with Crippen molar-refractivity contribution < 1.29 is 33.2 Å². The van der Waals surface area contributed by atoms with Crippen molar-refractivity contribution in [2.45, 2.75) is 13.8 Å². The van der Waals surface area contributed by atoms with Gasteiger partial charge in [-0.3, -0.25) is 0 Å². The van der Waals surface area contributed by atoms with E-state index < -0.39 is 0 Å². The second-order valence-corrected chi connectivity index (χ2v) is 7.55. The van der Waals surface area contributed by atoms with Crippen molar-refractivity contribution >= 4 is 0 Å². The van der Waals surface area contributed by atoms with Gasteiger partial charge in [-0.1, -0.05) is 13.8 Å². The van der Waals surface area contributed by atoms with Crippen LogP contribution >= 0.6 is 0 Å². The molecule has 0 saturated carbocycles. The van der Waals surface area contributed by atoms with E-state index in [1.54, 1.807) is 0 Å². The first-order chi connectivity index (χ1) is 12.1. The molecule has 0 spiro atoms. The van der Waals surface area contributed by atoms with Gasteiger partial charge in [-0.15, -0.1) is 0 Å². The Bertz CT molecular complexity index is 310. The maximum Gasteiger partial charge on any atom is 0.0701 e. The average molecular weight is 362 g/mol. The molecule has 0 aliphatic carbocycles. The minimum Gasteiger partial charge on any atom is -0.380 e. The molecule has 0 aromatic heterocycles. The van der Waals surface area contributed by atoms with Gasteiger partial charge in [-0.2, -0.15) is 0 Å². The molecule has 2 aliphatic heterocycles. The SMILES string of the molecule is CC1(COCCOCCOCCOCCOCC2(C)COC2)COC1. The van der Waals surface area contributed by atoms with Gasteiger partial charge >= 0.3 is 0 Å². The lowest BCUT2D eigenvalue weighted by molar-refractivity contribution is -0.141. The summed E-state index contributed by atoms with van der Waals surface area (Å²) in [6.45, 7) is 13.7. The number of rotatable bonds is 16. The molecule has 7 heteroatoms. The van der Waals surface area contributed by atoms with Crippen molar-refractivity contribution in [3.8, 4) is 0 Å². The van der Waals surface area contributed by atoms with Crippen LogP contribution in [0.4, 0.5) is 0 Å². The summed E-state index contributed by atoms with van der Waals surface area (Å²) in [7, 11) is 0. The molecule has 25 heavy (non-hydrogen) atoms. The van der Waals surface area contributed by atoms with Crippen molar-refractivity contribution in [1.82, 2.24) is 0 Å². The molecular formula is C18H34O7. The number of hydrogen-bond acceptors (Lipinski definition) is 7. The topological polar surface area (TPSA) is 64.6 Å². The smallest absolute Gasteiger partial charge is 0.0701 e. The van der Waals surface area contributed by atoms with Crippen LogP contribution < -0.4 is 0 Å². The van der Waals surface area contributed by atoms with Gasteiger partial charge in [0.2, 0.25) is 0 Å². The Labute approximate surface area is 151 Å². The second-order valence-electron chi connectivity index (χ2n) is 7.55.